The third kappa shape index (κ3) is 6.00. The van der Waals surface area contributed by atoms with E-state index in [4.69, 9.17) is 21.6 Å². The minimum absolute atomic E-state index is 0.0423. The Morgan fingerprint density at radius 2 is 1.88 bits per heavy atom. The van der Waals surface area contributed by atoms with Crippen molar-refractivity contribution in [3.63, 3.8) is 0 Å². The van der Waals surface area contributed by atoms with Gasteiger partial charge in [0.1, 0.15) is 5.75 Å². The van der Waals surface area contributed by atoms with Gasteiger partial charge in [0, 0.05) is 22.2 Å². The summed E-state index contributed by atoms with van der Waals surface area (Å²) in [5, 5.41) is 9.53. The van der Waals surface area contributed by atoms with E-state index in [9.17, 15) is 4.79 Å². The van der Waals surface area contributed by atoms with Gasteiger partial charge in [-0.1, -0.05) is 11.6 Å². The smallest absolute Gasteiger partial charge is 0.237 e. The van der Waals surface area contributed by atoms with E-state index in [1.807, 2.05) is 43.3 Å². The van der Waals surface area contributed by atoms with Gasteiger partial charge >= 0.3 is 0 Å². The molecule has 0 atom stereocenters. The topological polar surface area (TPSA) is 53.3 Å². The first-order valence-electron chi connectivity index (χ1n) is 7.92. The molecule has 0 unspecified atom stereocenters. The molecule has 2 aromatic rings. The van der Waals surface area contributed by atoms with Crippen molar-refractivity contribution in [2.45, 2.75) is 18.2 Å². The standard InChI is InChI=1S/C19H19ClN2O2S/c1-2-24-17-8-6-16(7-9-17)22(13-3-12-21)19(23)14-25-18-10-4-15(20)5-11-18/h4-11H,2-3,13-14H2,1H3. The van der Waals surface area contributed by atoms with E-state index in [2.05, 4.69) is 6.07 Å². The highest BCUT2D eigenvalue weighted by atomic mass is 35.5. The zero-order valence-electron chi connectivity index (χ0n) is 13.9. The fourth-order valence-corrected chi connectivity index (χ4v) is 3.10. The van der Waals surface area contributed by atoms with Crippen molar-refractivity contribution >= 4 is 35.0 Å². The first-order valence-corrected chi connectivity index (χ1v) is 9.29. The fourth-order valence-electron chi connectivity index (χ4n) is 2.20. The van der Waals surface area contributed by atoms with Gasteiger partial charge < -0.3 is 9.64 Å². The van der Waals surface area contributed by atoms with Crippen molar-refractivity contribution in [3.8, 4) is 11.8 Å². The van der Waals surface area contributed by atoms with Crippen LogP contribution >= 0.6 is 23.4 Å². The average Bonchev–Trinajstić information content (AvgIpc) is 2.63. The molecular weight excluding hydrogens is 356 g/mol. The van der Waals surface area contributed by atoms with Crippen LogP contribution in [0.25, 0.3) is 0 Å². The maximum atomic E-state index is 12.6. The van der Waals surface area contributed by atoms with E-state index < -0.39 is 0 Å². The second kappa shape index (κ2) is 9.97. The summed E-state index contributed by atoms with van der Waals surface area (Å²) in [7, 11) is 0. The number of halogens is 1. The molecule has 0 saturated carbocycles. The molecule has 0 aromatic heterocycles. The van der Waals surface area contributed by atoms with E-state index in [-0.39, 0.29) is 12.3 Å². The molecule has 1 amide bonds. The monoisotopic (exact) mass is 374 g/mol. The van der Waals surface area contributed by atoms with E-state index in [0.29, 0.717) is 23.9 Å². The molecule has 0 N–H and O–H groups in total. The van der Waals surface area contributed by atoms with Crippen molar-refractivity contribution in [1.82, 2.24) is 0 Å². The van der Waals surface area contributed by atoms with Crippen LogP contribution in [0.15, 0.2) is 53.4 Å². The molecule has 0 saturated heterocycles. The Hall–Kier alpha value is -2.16. The largest absolute Gasteiger partial charge is 0.494 e. The van der Waals surface area contributed by atoms with Crippen molar-refractivity contribution in [2.24, 2.45) is 0 Å². The summed E-state index contributed by atoms with van der Waals surface area (Å²) in [6.07, 6.45) is 0.282. The van der Waals surface area contributed by atoms with Gasteiger partial charge in [0.25, 0.3) is 0 Å². The number of rotatable bonds is 8. The predicted molar refractivity (Wildman–Crippen MR) is 102 cm³/mol. The third-order valence-corrected chi connectivity index (χ3v) is 4.63. The number of hydrogen-bond acceptors (Lipinski definition) is 4. The second-order valence-electron chi connectivity index (χ2n) is 5.12. The van der Waals surface area contributed by atoms with Crippen LogP contribution in [0.3, 0.4) is 0 Å². The first-order chi connectivity index (χ1) is 12.1. The Kier molecular flexibility index (Phi) is 7.65. The summed E-state index contributed by atoms with van der Waals surface area (Å²) in [5.74, 6) is 1.01. The van der Waals surface area contributed by atoms with Gasteiger partial charge in [-0.25, -0.2) is 0 Å². The summed E-state index contributed by atoms with van der Waals surface area (Å²) in [6.45, 7) is 2.88. The predicted octanol–water partition coefficient (Wildman–Crippen LogP) is 4.78. The molecule has 6 heteroatoms. The molecule has 0 aliphatic carbocycles. The lowest BCUT2D eigenvalue weighted by molar-refractivity contribution is -0.116. The highest BCUT2D eigenvalue weighted by molar-refractivity contribution is 8.00. The van der Waals surface area contributed by atoms with Crippen LogP contribution in [0.1, 0.15) is 13.3 Å². The normalized spacial score (nSPS) is 10.1. The lowest BCUT2D eigenvalue weighted by Gasteiger charge is -2.22. The number of nitrogens with zero attached hydrogens (tertiary/aromatic N) is 2. The molecule has 2 rings (SSSR count). The molecule has 25 heavy (non-hydrogen) atoms. The Labute approximate surface area is 157 Å². The van der Waals surface area contributed by atoms with Gasteiger partial charge in [0.2, 0.25) is 5.91 Å². The highest BCUT2D eigenvalue weighted by Gasteiger charge is 2.16. The number of carbonyl (C=O) groups is 1. The van der Waals surface area contributed by atoms with Crippen LogP contribution in [-0.2, 0) is 4.79 Å². The molecule has 0 radical (unpaired) electrons. The molecule has 0 aliphatic rings. The van der Waals surface area contributed by atoms with Crippen molar-refractivity contribution in [2.75, 3.05) is 23.8 Å². The quantitative estimate of drug-likeness (QED) is 0.624. The van der Waals surface area contributed by atoms with Crippen LogP contribution in [0.5, 0.6) is 5.75 Å². The van der Waals surface area contributed by atoms with Crippen molar-refractivity contribution in [3.05, 3.63) is 53.6 Å². The average molecular weight is 375 g/mol. The van der Waals surface area contributed by atoms with Crippen molar-refractivity contribution < 1.29 is 9.53 Å². The maximum Gasteiger partial charge on any atom is 0.237 e. The second-order valence-corrected chi connectivity index (χ2v) is 6.61. The third-order valence-electron chi connectivity index (χ3n) is 3.38. The maximum absolute atomic E-state index is 12.6. The van der Waals surface area contributed by atoms with Gasteiger partial charge in [0.15, 0.2) is 0 Å². The Morgan fingerprint density at radius 1 is 1.20 bits per heavy atom. The summed E-state index contributed by atoms with van der Waals surface area (Å²) in [6, 6.07) is 16.8. The number of carbonyl (C=O) groups excluding carboxylic acids is 1. The highest BCUT2D eigenvalue weighted by Crippen LogP contribution is 2.24. The number of thioether (sulfide) groups is 1. The zero-order chi connectivity index (χ0) is 18.1. The number of amides is 1. The molecule has 0 aliphatic heterocycles. The Balaban J connectivity index is 2.05. The Bertz CT molecular complexity index is 727. The van der Waals surface area contributed by atoms with E-state index in [1.54, 1.807) is 17.0 Å². The number of ether oxygens (including phenoxy) is 1. The minimum atomic E-state index is -0.0423. The van der Waals surface area contributed by atoms with Gasteiger partial charge in [0.05, 0.1) is 24.8 Å². The van der Waals surface area contributed by atoms with Gasteiger partial charge in [-0.05, 0) is 55.5 Å². The summed E-state index contributed by atoms with van der Waals surface area (Å²) in [5.41, 5.74) is 0.764. The lowest BCUT2D eigenvalue weighted by Crippen LogP contribution is -2.33. The molecule has 0 heterocycles. The van der Waals surface area contributed by atoms with Gasteiger partial charge in [-0.3, -0.25) is 4.79 Å². The van der Waals surface area contributed by atoms with Crippen LogP contribution in [0.2, 0.25) is 5.02 Å². The number of benzene rings is 2. The number of anilines is 1. The summed E-state index contributed by atoms with van der Waals surface area (Å²) >= 11 is 7.32. The van der Waals surface area contributed by atoms with E-state index >= 15 is 0 Å². The number of hydrogen-bond donors (Lipinski definition) is 0. The molecule has 0 fully saturated rings. The number of nitriles is 1. The Morgan fingerprint density at radius 3 is 2.48 bits per heavy atom. The molecular formula is C19H19ClN2O2S. The lowest BCUT2D eigenvalue weighted by atomic mass is 10.2. The minimum Gasteiger partial charge on any atom is -0.494 e. The fraction of sp³-hybridized carbons (Fsp3) is 0.263. The molecule has 0 spiro atoms. The van der Waals surface area contributed by atoms with Gasteiger partial charge in [-0.15, -0.1) is 11.8 Å². The first kappa shape index (κ1) is 19.2. The van der Waals surface area contributed by atoms with Gasteiger partial charge in [-0.2, -0.15) is 5.26 Å². The zero-order valence-corrected chi connectivity index (χ0v) is 15.5. The molecule has 4 nitrogen and oxygen atoms in total. The van der Waals surface area contributed by atoms with Crippen molar-refractivity contribution in [1.29, 1.82) is 5.26 Å². The van der Waals surface area contributed by atoms with E-state index in [1.165, 1.54) is 11.8 Å². The molecule has 130 valence electrons. The SMILES string of the molecule is CCOc1ccc(N(CCC#N)C(=O)CSc2ccc(Cl)cc2)cc1. The van der Waals surface area contributed by atoms with Crippen LogP contribution in [-0.4, -0.2) is 24.8 Å². The summed E-state index contributed by atoms with van der Waals surface area (Å²) in [4.78, 5) is 15.3. The molecule has 0 bridgehead atoms. The van der Waals surface area contributed by atoms with Crippen LogP contribution in [0, 0.1) is 11.3 Å². The van der Waals surface area contributed by atoms with Crippen LogP contribution < -0.4 is 9.64 Å². The summed E-state index contributed by atoms with van der Waals surface area (Å²) < 4.78 is 5.43. The molecule has 2 aromatic carbocycles. The van der Waals surface area contributed by atoms with E-state index in [0.717, 1.165) is 16.3 Å². The van der Waals surface area contributed by atoms with Crippen LogP contribution in [0.4, 0.5) is 5.69 Å².